The summed E-state index contributed by atoms with van der Waals surface area (Å²) in [6.45, 7) is 0. The van der Waals surface area contributed by atoms with Crippen LogP contribution in [0.5, 0.6) is 0 Å². The molecular weight excluding hydrogens is 264 g/mol. The minimum atomic E-state index is 0.586. The zero-order chi connectivity index (χ0) is 12.8. The highest BCUT2D eigenvalue weighted by Crippen LogP contribution is 2.18. The van der Waals surface area contributed by atoms with E-state index in [1.54, 1.807) is 0 Å². The van der Waals surface area contributed by atoms with Gasteiger partial charge in [-0.3, -0.25) is 0 Å². The van der Waals surface area contributed by atoms with Gasteiger partial charge in [-0.05, 0) is 31.1 Å². The molecule has 2 rings (SSSR count). The largest absolute Gasteiger partial charge is 0.231 e. The van der Waals surface area contributed by atoms with E-state index in [2.05, 4.69) is 34.2 Å². The van der Waals surface area contributed by atoms with Gasteiger partial charge in [-0.15, -0.1) is 0 Å². The third-order valence-electron chi connectivity index (χ3n) is 2.73. The standard InChI is InChI=1S/C14H15ClN2S/c1-18-14-16-10-12(13(15)17-14)9-5-8-11-6-3-2-4-7-11/h2-4,6-7,10H,5,8-9H2,1H3. The van der Waals surface area contributed by atoms with Gasteiger partial charge in [0.25, 0.3) is 0 Å². The number of hydrogen-bond donors (Lipinski definition) is 0. The van der Waals surface area contributed by atoms with Crippen LogP contribution in [0, 0.1) is 0 Å². The van der Waals surface area contributed by atoms with Crippen molar-refractivity contribution in [1.29, 1.82) is 0 Å². The van der Waals surface area contributed by atoms with Crippen molar-refractivity contribution in [3.05, 3.63) is 52.8 Å². The lowest BCUT2D eigenvalue weighted by Gasteiger charge is -2.04. The second-order valence-corrected chi connectivity index (χ2v) is 5.14. The maximum Gasteiger partial charge on any atom is 0.188 e. The minimum Gasteiger partial charge on any atom is -0.231 e. The lowest BCUT2D eigenvalue weighted by atomic mass is 10.1. The predicted molar refractivity (Wildman–Crippen MR) is 77.3 cm³/mol. The smallest absolute Gasteiger partial charge is 0.188 e. The summed E-state index contributed by atoms with van der Waals surface area (Å²) in [5.74, 6) is 0. The molecule has 0 atom stereocenters. The van der Waals surface area contributed by atoms with E-state index in [1.807, 2.05) is 18.5 Å². The van der Waals surface area contributed by atoms with Gasteiger partial charge in [0.1, 0.15) is 5.15 Å². The maximum atomic E-state index is 6.13. The molecular formula is C14H15ClN2S. The van der Waals surface area contributed by atoms with E-state index in [0.29, 0.717) is 5.15 Å². The van der Waals surface area contributed by atoms with Gasteiger partial charge in [0.15, 0.2) is 5.16 Å². The minimum absolute atomic E-state index is 0.586. The van der Waals surface area contributed by atoms with Crippen LogP contribution in [0.2, 0.25) is 5.15 Å². The molecule has 94 valence electrons. The Kier molecular flexibility index (Phi) is 5.02. The Morgan fingerprint density at radius 1 is 1.17 bits per heavy atom. The first-order valence-corrected chi connectivity index (χ1v) is 7.49. The molecule has 1 aromatic carbocycles. The first-order chi connectivity index (χ1) is 8.79. The van der Waals surface area contributed by atoms with Gasteiger partial charge in [0.05, 0.1) is 0 Å². The van der Waals surface area contributed by atoms with Crippen molar-refractivity contribution in [3.8, 4) is 0 Å². The van der Waals surface area contributed by atoms with Crippen molar-refractivity contribution in [3.63, 3.8) is 0 Å². The SMILES string of the molecule is CSc1ncc(CCCc2ccccc2)c(Cl)n1. The Labute approximate surface area is 117 Å². The van der Waals surface area contributed by atoms with Crippen LogP contribution in [0.3, 0.4) is 0 Å². The lowest BCUT2D eigenvalue weighted by molar-refractivity contribution is 0.801. The summed E-state index contributed by atoms with van der Waals surface area (Å²) in [6.07, 6.45) is 6.82. The molecule has 1 heterocycles. The number of rotatable bonds is 5. The second kappa shape index (κ2) is 6.76. The monoisotopic (exact) mass is 278 g/mol. The van der Waals surface area contributed by atoms with E-state index < -0.39 is 0 Å². The zero-order valence-corrected chi connectivity index (χ0v) is 11.8. The summed E-state index contributed by atoms with van der Waals surface area (Å²) in [6, 6.07) is 10.5. The van der Waals surface area contributed by atoms with Crippen LogP contribution >= 0.6 is 23.4 Å². The number of thioether (sulfide) groups is 1. The van der Waals surface area contributed by atoms with E-state index in [0.717, 1.165) is 30.0 Å². The van der Waals surface area contributed by atoms with Gasteiger partial charge in [-0.2, -0.15) is 0 Å². The summed E-state index contributed by atoms with van der Waals surface area (Å²) in [5.41, 5.74) is 2.39. The fraction of sp³-hybridized carbons (Fsp3) is 0.286. The summed E-state index contributed by atoms with van der Waals surface area (Å²) in [5, 5.41) is 1.31. The van der Waals surface area contributed by atoms with Crippen molar-refractivity contribution in [2.45, 2.75) is 24.4 Å². The number of aryl methyl sites for hydroxylation is 2. The van der Waals surface area contributed by atoms with Crippen molar-refractivity contribution in [2.24, 2.45) is 0 Å². The fourth-order valence-electron chi connectivity index (χ4n) is 1.76. The van der Waals surface area contributed by atoms with Crippen LogP contribution in [0.1, 0.15) is 17.5 Å². The number of hydrogen-bond acceptors (Lipinski definition) is 3. The zero-order valence-electron chi connectivity index (χ0n) is 10.3. The highest BCUT2D eigenvalue weighted by atomic mass is 35.5. The molecule has 1 aromatic heterocycles. The molecule has 0 N–H and O–H groups in total. The first kappa shape index (κ1) is 13.4. The molecule has 0 saturated carbocycles. The van der Waals surface area contributed by atoms with Gasteiger partial charge in [0.2, 0.25) is 0 Å². The summed E-state index contributed by atoms with van der Waals surface area (Å²) in [4.78, 5) is 8.49. The normalized spacial score (nSPS) is 10.6. The van der Waals surface area contributed by atoms with Crippen LogP contribution in [-0.4, -0.2) is 16.2 Å². The van der Waals surface area contributed by atoms with Gasteiger partial charge >= 0.3 is 0 Å². The molecule has 0 spiro atoms. The second-order valence-electron chi connectivity index (χ2n) is 4.01. The lowest BCUT2D eigenvalue weighted by Crippen LogP contribution is -1.95. The van der Waals surface area contributed by atoms with E-state index in [1.165, 1.54) is 17.3 Å². The molecule has 0 radical (unpaired) electrons. The highest BCUT2D eigenvalue weighted by Gasteiger charge is 2.04. The van der Waals surface area contributed by atoms with Gasteiger partial charge in [0, 0.05) is 11.8 Å². The predicted octanol–water partition coefficient (Wildman–Crippen LogP) is 4.03. The molecule has 2 aromatic rings. The third-order valence-corrected chi connectivity index (χ3v) is 3.62. The summed E-state index contributed by atoms with van der Waals surface area (Å²) < 4.78 is 0. The Balaban J connectivity index is 1.91. The average molecular weight is 279 g/mol. The van der Waals surface area contributed by atoms with E-state index in [9.17, 15) is 0 Å². The third kappa shape index (κ3) is 3.72. The summed E-state index contributed by atoms with van der Waals surface area (Å²) in [7, 11) is 0. The number of halogens is 1. The molecule has 18 heavy (non-hydrogen) atoms. The molecule has 0 saturated heterocycles. The average Bonchev–Trinajstić information content (AvgIpc) is 2.42. The van der Waals surface area contributed by atoms with Crippen molar-refractivity contribution in [2.75, 3.05) is 6.26 Å². The molecule has 4 heteroatoms. The van der Waals surface area contributed by atoms with Crippen molar-refractivity contribution in [1.82, 2.24) is 9.97 Å². The topological polar surface area (TPSA) is 25.8 Å². The van der Waals surface area contributed by atoms with Crippen molar-refractivity contribution < 1.29 is 0 Å². The van der Waals surface area contributed by atoms with Crippen LogP contribution in [0.15, 0.2) is 41.7 Å². The van der Waals surface area contributed by atoms with Crippen LogP contribution in [-0.2, 0) is 12.8 Å². The van der Waals surface area contributed by atoms with Gasteiger partial charge in [-0.25, -0.2) is 9.97 Å². The Hall–Kier alpha value is -1.06. The maximum absolute atomic E-state index is 6.13. The van der Waals surface area contributed by atoms with Gasteiger partial charge < -0.3 is 0 Å². The molecule has 0 aliphatic rings. The molecule has 0 aliphatic heterocycles. The molecule has 2 nitrogen and oxygen atoms in total. The molecule has 0 fully saturated rings. The Morgan fingerprint density at radius 2 is 1.94 bits per heavy atom. The van der Waals surface area contributed by atoms with Crippen LogP contribution < -0.4 is 0 Å². The number of aromatic nitrogens is 2. The van der Waals surface area contributed by atoms with E-state index in [-0.39, 0.29) is 0 Å². The van der Waals surface area contributed by atoms with E-state index in [4.69, 9.17) is 11.6 Å². The first-order valence-electron chi connectivity index (χ1n) is 5.89. The molecule has 0 amide bonds. The molecule has 0 bridgehead atoms. The summed E-state index contributed by atoms with van der Waals surface area (Å²) >= 11 is 7.63. The fourth-order valence-corrected chi connectivity index (χ4v) is 2.38. The Morgan fingerprint density at radius 3 is 2.61 bits per heavy atom. The van der Waals surface area contributed by atoms with Crippen LogP contribution in [0.25, 0.3) is 0 Å². The van der Waals surface area contributed by atoms with E-state index >= 15 is 0 Å². The number of nitrogens with zero attached hydrogens (tertiary/aromatic N) is 2. The highest BCUT2D eigenvalue weighted by molar-refractivity contribution is 7.98. The molecule has 0 aliphatic carbocycles. The van der Waals surface area contributed by atoms with Crippen LogP contribution in [0.4, 0.5) is 0 Å². The number of benzene rings is 1. The Bertz CT molecular complexity index is 502. The molecule has 0 unspecified atom stereocenters. The van der Waals surface area contributed by atoms with Gasteiger partial charge in [-0.1, -0.05) is 53.7 Å². The quantitative estimate of drug-likeness (QED) is 0.469. The van der Waals surface area contributed by atoms with Crippen molar-refractivity contribution >= 4 is 23.4 Å².